The van der Waals surface area contributed by atoms with E-state index in [1.165, 1.54) is 43.7 Å². The maximum atomic E-state index is 6.30. The standard InChI is InChI=1S/C16H28N4/c1-12(2)19-9-4-3-6-13(19)10-16-18-11-14-7-5-8-15(17)20(14)16/h11-13,15H,3-10,17H2,1-2H3. The summed E-state index contributed by atoms with van der Waals surface area (Å²) in [5.74, 6) is 1.21. The Balaban J connectivity index is 1.78. The average Bonchev–Trinajstić information content (AvgIpc) is 2.84. The van der Waals surface area contributed by atoms with E-state index in [1.807, 2.05) is 0 Å². The number of hydrogen-bond acceptors (Lipinski definition) is 3. The molecule has 2 aliphatic rings. The van der Waals surface area contributed by atoms with Gasteiger partial charge in [-0.2, -0.15) is 0 Å². The monoisotopic (exact) mass is 276 g/mol. The third kappa shape index (κ3) is 2.63. The Kier molecular flexibility index (Phi) is 4.13. The lowest BCUT2D eigenvalue weighted by atomic mass is 9.97. The van der Waals surface area contributed by atoms with Crippen molar-refractivity contribution in [3.8, 4) is 0 Å². The minimum absolute atomic E-state index is 0.146. The fourth-order valence-electron chi connectivity index (χ4n) is 3.93. The molecule has 2 atom stereocenters. The predicted molar refractivity (Wildman–Crippen MR) is 81.6 cm³/mol. The molecule has 0 bridgehead atoms. The Labute approximate surface area is 122 Å². The number of rotatable bonds is 3. The second kappa shape index (κ2) is 5.86. The molecule has 1 saturated heterocycles. The molecule has 3 rings (SSSR count). The van der Waals surface area contributed by atoms with E-state index in [2.05, 4.69) is 29.5 Å². The minimum atomic E-state index is 0.146. The van der Waals surface area contributed by atoms with Gasteiger partial charge in [-0.15, -0.1) is 0 Å². The number of nitrogens with zero attached hydrogens (tertiary/aromatic N) is 3. The van der Waals surface area contributed by atoms with Gasteiger partial charge in [0, 0.05) is 30.4 Å². The van der Waals surface area contributed by atoms with E-state index < -0.39 is 0 Å². The fourth-order valence-corrected chi connectivity index (χ4v) is 3.93. The summed E-state index contributed by atoms with van der Waals surface area (Å²) >= 11 is 0. The molecule has 0 amide bonds. The summed E-state index contributed by atoms with van der Waals surface area (Å²) in [6.45, 7) is 5.86. The zero-order valence-corrected chi connectivity index (χ0v) is 12.9. The molecule has 3 heterocycles. The Morgan fingerprint density at radius 3 is 2.95 bits per heavy atom. The van der Waals surface area contributed by atoms with Crippen molar-refractivity contribution in [1.29, 1.82) is 0 Å². The van der Waals surface area contributed by atoms with Gasteiger partial charge < -0.3 is 10.3 Å². The topological polar surface area (TPSA) is 47.1 Å². The number of likely N-dealkylation sites (tertiary alicyclic amines) is 1. The van der Waals surface area contributed by atoms with E-state index in [-0.39, 0.29) is 6.17 Å². The molecule has 4 heteroatoms. The van der Waals surface area contributed by atoms with Gasteiger partial charge in [0.05, 0.1) is 6.17 Å². The Bertz CT molecular complexity index is 451. The normalized spacial score (nSPS) is 27.8. The summed E-state index contributed by atoms with van der Waals surface area (Å²) in [6, 6.07) is 1.27. The van der Waals surface area contributed by atoms with Crippen molar-refractivity contribution >= 4 is 0 Å². The molecule has 0 aromatic carbocycles. The van der Waals surface area contributed by atoms with Crippen LogP contribution >= 0.6 is 0 Å². The van der Waals surface area contributed by atoms with Crippen LogP contribution in [0.2, 0.25) is 0 Å². The molecule has 2 N–H and O–H groups in total. The van der Waals surface area contributed by atoms with Gasteiger partial charge in [-0.25, -0.2) is 4.98 Å². The SMILES string of the molecule is CC(C)N1CCCCC1Cc1ncc2n1C(N)CCC2. The molecule has 2 aliphatic heterocycles. The summed E-state index contributed by atoms with van der Waals surface area (Å²) in [7, 11) is 0. The van der Waals surface area contributed by atoms with Crippen molar-refractivity contribution in [2.45, 2.75) is 77.0 Å². The highest BCUT2D eigenvalue weighted by Crippen LogP contribution is 2.27. The van der Waals surface area contributed by atoms with Crippen molar-refractivity contribution in [1.82, 2.24) is 14.5 Å². The first-order valence-electron chi connectivity index (χ1n) is 8.23. The molecule has 20 heavy (non-hydrogen) atoms. The number of piperidine rings is 1. The summed E-state index contributed by atoms with van der Waals surface area (Å²) in [4.78, 5) is 7.34. The molecule has 1 aromatic rings. The molecule has 112 valence electrons. The summed E-state index contributed by atoms with van der Waals surface area (Å²) < 4.78 is 2.32. The fraction of sp³-hybridized carbons (Fsp3) is 0.812. The Morgan fingerprint density at radius 1 is 1.30 bits per heavy atom. The first kappa shape index (κ1) is 14.1. The summed E-state index contributed by atoms with van der Waals surface area (Å²) in [5.41, 5.74) is 7.64. The van der Waals surface area contributed by atoms with E-state index in [0.717, 1.165) is 19.3 Å². The van der Waals surface area contributed by atoms with E-state index in [9.17, 15) is 0 Å². The zero-order valence-electron chi connectivity index (χ0n) is 12.9. The van der Waals surface area contributed by atoms with Crippen LogP contribution in [-0.2, 0) is 12.8 Å². The van der Waals surface area contributed by atoms with Crippen molar-refractivity contribution in [3.63, 3.8) is 0 Å². The van der Waals surface area contributed by atoms with E-state index >= 15 is 0 Å². The van der Waals surface area contributed by atoms with Gasteiger partial charge in [0.15, 0.2) is 0 Å². The number of nitrogens with two attached hydrogens (primary N) is 1. The van der Waals surface area contributed by atoms with E-state index in [4.69, 9.17) is 10.7 Å². The highest BCUT2D eigenvalue weighted by atomic mass is 15.2. The first-order chi connectivity index (χ1) is 9.66. The molecule has 0 spiro atoms. The van der Waals surface area contributed by atoms with Gasteiger partial charge in [-0.05, 0) is 52.5 Å². The van der Waals surface area contributed by atoms with E-state index in [1.54, 1.807) is 0 Å². The Morgan fingerprint density at radius 2 is 2.15 bits per heavy atom. The second-order valence-corrected chi connectivity index (χ2v) is 6.68. The van der Waals surface area contributed by atoms with Crippen LogP contribution in [0, 0.1) is 0 Å². The van der Waals surface area contributed by atoms with Crippen LogP contribution < -0.4 is 5.73 Å². The number of imidazole rings is 1. The van der Waals surface area contributed by atoms with Crippen LogP contribution in [0.15, 0.2) is 6.20 Å². The van der Waals surface area contributed by atoms with Gasteiger partial charge in [0.25, 0.3) is 0 Å². The number of fused-ring (bicyclic) bond motifs is 1. The smallest absolute Gasteiger partial charge is 0.111 e. The molecule has 1 aromatic heterocycles. The number of aryl methyl sites for hydroxylation is 1. The van der Waals surface area contributed by atoms with Gasteiger partial charge in [0.2, 0.25) is 0 Å². The lowest BCUT2D eigenvalue weighted by Crippen LogP contribution is -2.45. The van der Waals surface area contributed by atoms with Crippen LogP contribution in [-0.4, -0.2) is 33.1 Å². The Hall–Kier alpha value is -0.870. The molecular weight excluding hydrogens is 248 g/mol. The minimum Gasteiger partial charge on any atom is -0.316 e. The van der Waals surface area contributed by atoms with Crippen molar-refractivity contribution < 1.29 is 0 Å². The number of aromatic nitrogens is 2. The summed E-state index contributed by atoms with van der Waals surface area (Å²) in [6.07, 6.45) is 10.7. The van der Waals surface area contributed by atoms with E-state index in [0.29, 0.717) is 12.1 Å². The molecule has 2 unspecified atom stereocenters. The maximum absolute atomic E-state index is 6.30. The van der Waals surface area contributed by atoms with Gasteiger partial charge in [-0.1, -0.05) is 6.42 Å². The van der Waals surface area contributed by atoms with Crippen molar-refractivity contribution in [2.75, 3.05) is 6.54 Å². The third-order valence-corrected chi connectivity index (χ3v) is 4.97. The van der Waals surface area contributed by atoms with Gasteiger partial charge in [-0.3, -0.25) is 4.90 Å². The van der Waals surface area contributed by atoms with Crippen molar-refractivity contribution in [3.05, 3.63) is 17.7 Å². The lowest BCUT2D eigenvalue weighted by Gasteiger charge is -2.39. The van der Waals surface area contributed by atoms with Crippen LogP contribution in [0.3, 0.4) is 0 Å². The summed E-state index contributed by atoms with van der Waals surface area (Å²) in [5, 5.41) is 0. The second-order valence-electron chi connectivity index (χ2n) is 6.68. The molecule has 0 saturated carbocycles. The quantitative estimate of drug-likeness (QED) is 0.922. The lowest BCUT2D eigenvalue weighted by molar-refractivity contribution is 0.109. The third-order valence-electron chi connectivity index (χ3n) is 4.97. The van der Waals surface area contributed by atoms with Crippen LogP contribution in [0.25, 0.3) is 0 Å². The van der Waals surface area contributed by atoms with Crippen molar-refractivity contribution in [2.24, 2.45) is 5.73 Å². The highest BCUT2D eigenvalue weighted by Gasteiger charge is 2.28. The van der Waals surface area contributed by atoms with Crippen LogP contribution in [0.1, 0.15) is 63.6 Å². The van der Waals surface area contributed by atoms with Gasteiger partial charge >= 0.3 is 0 Å². The predicted octanol–water partition coefficient (Wildman–Crippen LogP) is 2.48. The maximum Gasteiger partial charge on any atom is 0.111 e. The molecule has 0 aliphatic carbocycles. The average molecular weight is 276 g/mol. The zero-order chi connectivity index (χ0) is 14.1. The number of hydrogen-bond donors (Lipinski definition) is 1. The molecule has 0 radical (unpaired) electrons. The van der Waals surface area contributed by atoms with Gasteiger partial charge in [0.1, 0.15) is 5.82 Å². The van der Waals surface area contributed by atoms with Crippen LogP contribution in [0.5, 0.6) is 0 Å². The van der Waals surface area contributed by atoms with Crippen LogP contribution in [0.4, 0.5) is 0 Å². The molecule has 1 fully saturated rings. The largest absolute Gasteiger partial charge is 0.316 e. The molecular formula is C16H28N4. The molecule has 4 nitrogen and oxygen atoms in total. The highest BCUT2D eigenvalue weighted by molar-refractivity contribution is 5.11. The first-order valence-corrected chi connectivity index (χ1v) is 8.23.